The van der Waals surface area contributed by atoms with Gasteiger partial charge in [-0.05, 0) is 70.9 Å². The zero-order chi connectivity index (χ0) is 35.3. The Hall–Kier alpha value is -2.78. The molecule has 0 saturated heterocycles. The Morgan fingerprint density at radius 3 is 1.50 bits per heavy atom. The quantitative estimate of drug-likeness (QED) is 0.129. The van der Waals surface area contributed by atoms with E-state index in [0.29, 0.717) is 41.9 Å². The number of halogens is 9. The van der Waals surface area contributed by atoms with E-state index in [0.717, 1.165) is 24.3 Å². The first-order valence-corrected chi connectivity index (χ1v) is 19.0. The van der Waals surface area contributed by atoms with Crippen molar-refractivity contribution in [3.63, 3.8) is 0 Å². The van der Waals surface area contributed by atoms with Gasteiger partial charge in [0.2, 0.25) is 0 Å². The maximum atomic E-state index is 13.9. The maximum absolute atomic E-state index is 13.9. The molecular weight excluding hydrogens is 826 g/mol. The predicted molar refractivity (Wildman–Crippen MR) is 184 cm³/mol. The number of aryl methyl sites for hydroxylation is 1. The summed E-state index contributed by atoms with van der Waals surface area (Å²) in [5.41, 5.74) is 1.23. The Morgan fingerprint density at radius 2 is 1.02 bits per heavy atom. The SMILES string of the molecule is Cc1c(Cl)ccc2c(S(=O)(=O)Cc3cc(F)c(Cl)cc3F)c[nH]c12.O=S(=O)(Cc1cc(F)c(Cl)cc1F)c1c[nH]c2c(Br)c(Cl)ccc12. The summed E-state index contributed by atoms with van der Waals surface area (Å²) in [6.45, 7) is 1.76. The Balaban J connectivity index is 0.000000188. The number of nitrogens with one attached hydrogen (secondary N) is 2. The molecule has 0 aliphatic rings. The first-order chi connectivity index (χ1) is 22.4. The minimum Gasteiger partial charge on any atom is -0.360 e. The van der Waals surface area contributed by atoms with Gasteiger partial charge in [0.05, 0.1) is 51.9 Å². The molecule has 6 rings (SSSR count). The van der Waals surface area contributed by atoms with Crippen molar-refractivity contribution in [2.45, 2.75) is 28.2 Å². The average molecular weight is 845 g/mol. The Bertz CT molecular complexity index is 2300. The molecule has 0 aliphatic carbocycles. The molecule has 2 aromatic heterocycles. The van der Waals surface area contributed by atoms with Crippen molar-refractivity contribution in [3.8, 4) is 0 Å². The van der Waals surface area contributed by atoms with E-state index in [1.165, 1.54) is 12.4 Å². The number of hydrogen-bond donors (Lipinski definition) is 2. The van der Waals surface area contributed by atoms with Crippen LogP contribution in [-0.4, -0.2) is 26.8 Å². The summed E-state index contributed by atoms with van der Waals surface area (Å²) in [5, 5.41) is 0.969. The number of sulfone groups is 2. The summed E-state index contributed by atoms with van der Waals surface area (Å²) in [5.74, 6) is -4.87. The predicted octanol–water partition coefficient (Wildman–Crippen LogP) is 10.5. The summed E-state index contributed by atoms with van der Waals surface area (Å²) in [6.07, 6.45) is 2.62. The third kappa shape index (κ3) is 7.23. The molecule has 252 valence electrons. The second-order valence-electron chi connectivity index (χ2n) is 10.4. The Labute approximate surface area is 299 Å². The van der Waals surface area contributed by atoms with Gasteiger partial charge >= 0.3 is 0 Å². The van der Waals surface area contributed by atoms with Crippen molar-refractivity contribution in [1.82, 2.24) is 9.97 Å². The van der Waals surface area contributed by atoms with E-state index in [4.69, 9.17) is 46.4 Å². The number of aromatic amines is 2. The third-order valence-corrected chi connectivity index (χ3v) is 13.0. The van der Waals surface area contributed by atoms with Crippen LogP contribution in [0, 0.1) is 30.2 Å². The Kier molecular flexibility index (Phi) is 10.5. The van der Waals surface area contributed by atoms with Gasteiger partial charge in [-0.2, -0.15) is 0 Å². The molecule has 4 aromatic carbocycles. The summed E-state index contributed by atoms with van der Waals surface area (Å²) in [4.78, 5) is 5.68. The van der Waals surface area contributed by atoms with Crippen molar-refractivity contribution >= 4 is 104 Å². The molecule has 0 bridgehead atoms. The lowest BCUT2D eigenvalue weighted by Gasteiger charge is -2.07. The van der Waals surface area contributed by atoms with Crippen molar-refractivity contribution in [3.05, 3.63) is 125 Å². The molecule has 0 unspecified atom stereocenters. The molecule has 0 aliphatic heterocycles. The number of aromatic nitrogens is 2. The van der Waals surface area contributed by atoms with Gasteiger partial charge in [0.1, 0.15) is 23.3 Å². The lowest BCUT2D eigenvalue weighted by atomic mass is 10.2. The van der Waals surface area contributed by atoms with Crippen molar-refractivity contribution in [2.24, 2.45) is 0 Å². The molecule has 6 nitrogen and oxygen atoms in total. The van der Waals surface area contributed by atoms with Gasteiger partial charge < -0.3 is 9.97 Å². The van der Waals surface area contributed by atoms with E-state index in [9.17, 15) is 34.4 Å². The monoisotopic (exact) mass is 842 g/mol. The van der Waals surface area contributed by atoms with Crippen LogP contribution in [0.4, 0.5) is 17.6 Å². The second kappa shape index (κ2) is 13.9. The zero-order valence-corrected chi connectivity index (χ0v) is 30.3. The molecule has 2 heterocycles. The highest BCUT2D eigenvalue weighted by molar-refractivity contribution is 9.10. The molecular formula is C31H19BrCl4F4N2O4S2. The standard InChI is InChI=1S/C16H11Cl2F2NO2S.C15H8BrCl2F2NO2S/c1-8-11(17)3-2-10-15(6-21-16(8)10)24(22,23)7-9-4-14(20)12(18)5-13(9)19;16-14-9(17)2-1-8-13(5-21-15(8)14)24(22,23)6-7-3-12(20)10(18)4-11(7)19/h2-6,21H,7H2,1H3;1-5,21H,6H2. The molecule has 2 N–H and O–H groups in total. The van der Waals surface area contributed by atoms with Crippen LogP contribution in [0.15, 0.2) is 75.2 Å². The summed E-state index contributed by atoms with van der Waals surface area (Å²) in [6, 6.07) is 9.37. The van der Waals surface area contributed by atoms with Crippen LogP contribution in [0.25, 0.3) is 21.8 Å². The van der Waals surface area contributed by atoms with Crippen LogP contribution in [0.2, 0.25) is 20.1 Å². The first-order valence-electron chi connectivity index (χ1n) is 13.3. The van der Waals surface area contributed by atoms with Crippen LogP contribution < -0.4 is 0 Å². The largest absolute Gasteiger partial charge is 0.360 e. The maximum Gasteiger partial charge on any atom is 0.184 e. The third-order valence-electron chi connectivity index (χ3n) is 7.26. The molecule has 0 atom stereocenters. The van der Waals surface area contributed by atoms with E-state index in [-0.39, 0.29) is 20.9 Å². The van der Waals surface area contributed by atoms with Gasteiger partial charge in [0, 0.05) is 39.3 Å². The van der Waals surface area contributed by atoms with Crippen LogP contribution >= 0.6 is 62.3 Å². The molecule has 6 aromatic rings. The highest BCUT2D eigenvalue weighted by atomic mass is 79.9. The fraction of sp³-hybridized carbons (Fsp3) is 0.0968. The summed E-state index contributed by atoms with van der Waals surface area (Å²) >= 11 is 26.2. The van der Waals surface area contributed by atoms with Gasteiger partial charge in [-0.15, -0.1) is 0 Å². The first kappa shape index (κ1) is 36.5. The van der Waals surface area contributed by atoms with E-state index in [1.54, 1.807) is 31.2 Å². The molecule has 0 amide bonds. The van der Waals surface area contributed by atoms with Crippen LogP contribution in [-0.2, 0) is 31.2 Å². The highest BCUT2D eigenvalue weighted by Gasteiger charge is 2.25. The number of benzene rings is 4. The van der Waals surface area contributed by atoms with E-state index in [2.05, 4.69) is 25.9 Å². The van der Waals surface area contributed by atoms with Gasteiger partial charge in [-0.25, -0.2) is 34.4 Å². The van der Waals surface area contributed by atoms with Crippen molar-refractivity contribution < 1.29 is 34.4 Å². The fourth-order valence-electron chi connectivity index (χ4n) is 4.83. The summed E-state index contributed by atoms with van der Waals surface area (Å²) in [7, 11) is -7.83. The van der Waals surface area contributed by atoms with Gasteiger partial charge in [0.25, 0.3) is 0 Å². The minimum absolute atomic E-state index is 0.00650. The molecule has 0 saturated carbocycles. The van der Waals surface area contributed by atoms with Gasteiger partial charge in [0.15, 0.2) is 19.7 Å². The highest BCUT2D eigenvalue weighted by Crippen LogP contribution is 2.35. The van der Waals surface area contributed by atoms with Crippen LogP contribution in [0.3, 0.4) is 0 Å². The van der Waals surface area contributed by atoms with Crippen molar-refractivity contribution in [1.29, 1.82) is 0 Å². The van der Waals surface area contributed by atoms with Gasteiger partial charge in [-0.3, -0.25) is 0 Å². The smallest absolute Gasteiger partial charge is 0.184 e. The Morgan fingerprint density at radius 1 is 0.604 bits per heavy atom. The van der Waals surface area contributed by atoms with E-state index >= 15 is 0 Å². The normalized spacial score (nSPS) is 12.0. The molecule has 0 fully saturated rings. The number of fused-ring (bicyclic) bond motifs is 2. The second-order valence-corrected chi connectivity index (χ2v) is 16.8. The fourth-order valence-corrected chi connectivity index (χ4v) is 8.97. The number of H-pyrrole nitrogens is 2. The summed E-state index contributed by atoms with van der Waals surface area (Å²) < 4.78 is 106. The lowest BCUT2D eigenvalue weighted by molar-refractivity contribution is 0.578. The zero-order valence-electron chi connectivity index (χ0n) is 24.0. The molecule has 0 spiro atoms. The topological polar surface area (TPSA) is 99.9 Å². The van der Waals surface area contributed by atoms with E-state index < -0.39 is 64.5 Å². The van der Waals surface area contributed by atoms with Crippen LogP contribution in [0.5, 0.6) is 0 Å². The molecule has 0 radical (unpaired) electrons. The average Bonchev–Trinajstić information content (AvgIpc) is 3.65. The number of rotatable bonds is 6. The van der Waals surface area contributed by atoms with E-state index in [1.807, 2.05) is 0 Å². The van der Waals surface area contributed by atoms with Gasteiger partial charge in [-0.1, -0.05) is 52.5 Å². The molecule has 17 heteroatoms. The minimum atomic E-state index is -3.92. The van der Waals surface area contributed by atoms with Crippen LogP contribution in [0.1, 0.15) is 16.7 Å². The number of hydrogen-bond acceptors (Lipinski definition) is 4. The van der Waals surface area contributed by atoms with Crippen molar-refractivity contribution in [2.75, 3.05) is 0 Å². The lowest BCUT2D eigenvalue weighted by Crippen LogP contribution is -2.06. The molecule has 48 heavy (non-hydrogen) atoms.